The van der Waals surface area contributed by atoms with Crippen molar-refractivity contribution in [1.29, 1.82) is 0 Å². The van der Waals surface area contributed by atoms with Crippen LogP contribution in [0.25, 0.3) is 10.8 Å². The van der Waals surface area contributed by atoms with E-state index >= 15 is 0 Å². The second kappa shape index (κ2) is 10.4. The Bertz CT molecular complexity index is 1010. The third kappa shape index (κ3) is 5.48. The van der Waals surface area contributed by atoms with Gasteiger partial charge in [0, 0.05) is 0 Å². The van der Waals surface area contributed by atoms with Crippen molar-refractivity contribution in [2.24, 2.45) is 0 Å². The van der Waals surface area contributed by atoms with E-state index in [-0.39, 0.29) is 19.8 Å². The molecule has 0 spiro atoms. The zero-order valence-electron chi connectivity index (χ0n) is 17.1. The monoisotopic (exact) mass is 427 g/mol. The summed E-state index contributed by atoms with van der Waals surface area (Å²) in [5.74, 6) is -0.995. The summed E-state index contributed by atoms with van der Waals surface area (Å²) in [5, 5.41) is 4.70. The van der Waals surface area contributed by atoms with Gasteiger partial charge < -0.3 is 19.1 Å². The number of alkyl carbamates (subject to hydrolysis) is 1. The van der Waals surface area contributed by atoms with Crippen LogP contribution < -0.4 is 5.32 Å². The first-order chi connectivity index (χ1) is 14.6. The number of carbonyl (C=O) groups is 1. The number of nitrogens with one attached hydrogen (secondary N) is 1. The first-order valence-electron chi connectivity index (χ1n) is 9.90. The van der Waals surface area contributed by atoms with Gasteiger partial charge in [0.2, 0.25) is 0 Å². The fourth-order valence-corrected chi connectivity index (χ4v) is 5.03. The Hall–Kier alpha value is -2.66. The maximum absolute atomic E-state index is 13.5. The molecule has 1 N–H and O–H groups in total. The van der Waals surface area contributed by atoms with Crippen LogP contribution in [0.15, 0.2) is 72.8 Å². The Morgan fingerprint density at radius 1 is 0.900 bits per heavy atom. The molecule has 0 aliphatic rings. The van der Waals surface area contributed by atoms with Crippen LogP contribution in [0.2, 0.25) is 0 Å². The van der Waals surface area contributed by atoms with Crippen LogP contribution in [-0.4, -0.2) is 19.3 Å². The molecule has 0 radical (unpaired) electrons. The van der Waals surface area contributed by atoms with Crippen LogP contribution in [0.1, 0.15) is 30.8 Å². The molecule has 0 aliphatic heterocycles. The van der Waals surface area contributed by atoms with E-state index in [9.17, 15) is 9.36 Å². The van der Waals surface area contributed by atoms with Crippen molar-refractivity contribution in [3.63, 3.8) is 0 Å². The lowest BCUT2D eigenvalue weighted by Crippen LogP contribution is -2.30. The van der Waals surface area contributed by atoms with Gasteiger partial charge >= 0.3 is 13.7 Å². The number of hydrogen-bond acceptors (Lipinski definition) is 5. The van der Waals surface area contributed by atoms with Gasteiger partial charge in [0.1, 0.15) is 6.61 Å². The van der Waals surface area contributed by atoms with E-state index in [1.54, 1.807) is 13.8 Å². The highest BCUT2D eigenvalue weighted by Crippen LogP contribution is 2.59. The second-order valence-corrected chi connectivity index (χ2v) is 8.70. The van der Waals surface area contributed by atoms with Crippen molar-refractivity contribution in [3.8, 4) is 0 Å². The summed E-state index contributed by atoms with van der Waals surface area (Å²) >= 11 is 0. The predicted octanol–water partition coefficient (Wildman–Crippen LogP) is 6.03. The van der Waals surface area contributed by atoms with E-state index in [1.165, 1.54) is 0 Å². The van der Waals surface area contributed by atoms with Crippen molar-refractivity contribution in [2.45, 2.75) is 26.2 Å². The topological polar surface area (TPSA) is 73.9 Å². The summed E-state index contributed by atoms with van der Waals surface area (Å²) in [6.07, 6.45) is -0.698. The Morgan fingerprint density at radius 3 is 2.20 bits per heavy atom. The molecule has 0 saturated carbocycles. The fraction of sp³-hybridized carbons (Fsp3) is 0.261. The van der Waals surface area contributed by atoms with Crippen LogP contribution in [0.4, 0.5) is 4.79 Å². The quantitative estimate of drug-likeness (QED) is 0.422. The van der Waals surface area contributed by atoms with Gasteiger partial charge in [0.15, 0.2) is 5.78 Å². The number of carbonyl (C=O) groups excluding carboxylic acids is 1. The molecule has 6 nitrogen and oxygen atoms in total. The third-order valence-electron chi connectivity index (χ3n) is 4.49. The van der Waals surface area contributed by atoms with Gasteiger partial charge in [-0.2, -0.15) is 0 Å². The number of benzene rings is 3. The minimum atomic E-state index is -3.69. The van der Waals surface area contributed by atoms with Crippen LogP contribution in [0.3, 0.4) is 0 Å². The highest BCUT2D eigenvalue weighted by molar-refractivity contribution is 7.54. The highest BCUT2D eigenvalue weighted by atomic mass is 31.2. The zero-order valence-corrected chi connectivity index (χ0v) is 18.0. The summed E-state index contributed by atoms with van der Waals surface area (Å²) in [5.41, 5.74) is 1.48. The summed E-state index contributed by atoms with van der Waals surface area (Å²) in [6.45, 7) is 3.93. The van der Waals surface area contributed by atoms with Gasteiger partial charge in [-0.15, -0.1) is 0 Å². The molecule has 3 rings (SSSR count). The number of hydrogen-bond donors (Lipinski definition) is 1. The van der Waals surface area contributed by atoms with Crippen LogP contribution in [0.5, 0.6) is 0 Å². The lowest BCUT2D eigenvalue weighted by Gasteiger charge is -2.27. The summed E-state index contributed by atoms with van der Waals surface area (Å²) in [7, 11) is -3.69. The number of rotatable bonds is 9. The minimum absolute atomic E-state index is 0.102. The molecule has 158 valence electrons. The van der Waals surface area contributed by atoms with Gasteiger partial charge in [-0.1, -0.05) is 66.7 Å². The molecule has 0 fully saturated rings. The summed E-state index contributed by atoms with van der Waals surface area (Å²) in [4.78, 5) is 12.6. The van der Waals surface area contributed by atoms with Gasteiger partial charge in [-0.25, -0.2) is 4.79 Å². The van der Waals surface area contributed by atoms with Crippen molar-refractivity contribution in [3.05, 3.63) is 83.9 Å². The van der Waals surface area contributed by atoms with Gasteiger partial charge in [-0.3, -0.25) is 4.57 Å². The number of amides is 1. The molecule has 3 aromatic carbocycles. The molecule has 0 saturated heterocycles. The molecule has 30 heavy (non-hydrogen) atoms. The van der Waals surface area contributed by atoms with Crippen molar-refractivity contribution in [2.75, 3.05) is 13.2 Å². The van der Waals surface area contributed by atoms with E-state index in [2.05, 4.69) is 5.32 Å². The molecule has 1 amide bonds. The van der Waals surface area contributed by atoms with Gasteiger partial charge in [0.25, 0.3) is 0 Å². The summed E-state index contributed by atoms with van der Waals surface area (Å²) < 4.78 is 29.9. The lowest BCUT2D eigenvalue weighted by molar-refractivity contribution is 0.134. The molecule has 0 bridgehead atoms. The minimum Gasteiger partial charge on any atom is -0.445 e. The molecule has 1 atom stereocenters. The Labute approximate surface area is 176 Å². The molecule has 0 heterocycles. The smallest absolute Gasteiger partial charge is 0.408 e. The molecule has 3 aromatic rings. The number of ether oxygens (including phenoxy) is 1. The Kier molecular flexibility index (Phi) is 7.63. The normalized spacial score (nSPS) is 12.5. The molecular weight excluding hydrogens is 401 g/mol. The number of fused-ring (bicyclic) bond motifs is 1. The molecule has 1 unspecified atom stereocenters. The maximum Gasteiger partial charge on any atom is 0.408 e. The van der Waals surface area contributed by atoms with Crippen LogP contribution >= 0.6 is 7.60 Å². The average molecular weight is 427 g/mol. The van der Waals surface area contributed by atoms with E-state index in [1.807, 2.05) is 72.8 Å². The Balaban J connectivity index is 1.88. The first-order valence-corrected chi connectivity index (χ1v) is 11.5. The third-order valence-corrected chi connectivity index (χ3v) is 6.79. The highest BCUT2D eigenvalue weighted by Gasteiger charge is 2.38. The van der Waals surface area contributed by atoms with Gasteiger partial charge in [-0.05, 0) is 41.8 Å². The zero-order chi connectivity index (χ0) is 21.4. The van der Waals surface area contributed by atoms with E-state index in [4.69, 9.17) is 13.8 Å². The fourth-order valence-electron chi connectivity index (χ4n) is 3.15. The van der Waals surface area contributed by atoms with Crippen LogP contribution in [0, 0.1) is 0 Å². The molecule has 7 heteroatoms. The van der Waals surface area contributed by atoms with Crippen molar-refractivity contribution in [1.82, 2.24) is 5.32 Å². The molecular formula is C23H26NO5P. The Morgan fingerprint density at radius 2 is 1.53 bits per heavy atom. The standard InChI is InChI=1S/C23H26NO5P/c1-3-28-30(26,29-4-2)22(21-15-14-19-12-8-9-13-20(19)16-21)24-23(25)27-17-18-10-6-5-7-11-18/h5-16,22H,3-4,17H2,1-2H3,(H,24,25). The van der Waals surface area contributed by atoms with Crippen LogP contribution in [-0.2, 0) is 25.0 Å². The van der Waals surface area contributed by atoms with Crippen molar-refractivity contribution < 1.29 is 23.1 Å². The molecule has 0 aliphatic carbocycles. The predicted molar refractivity (Wildman–Crippen MR) is 117 cm³/mol. The second-order valence-electron chi connectivity index (χ2n) is 6.59. The lowest BCUT2D eigenvalue weighted by atomic mass is 10.1. The van der Waals surface area contributed by atoms with Crippen molar-refractivity contribution >= 4 is 24.5 Å². The maximum atomic E-state index is 13.5. The van der Waals surface area contributed by atoms with E-state index in [0.717, 1.165) is 16.3 Å². The molecule has 0 aromatic heterocycles. The van der Waals surface area contributed by atoms with E-state index < -0.39 is 19.5 Å². The largest absolute Gasteiger partial charge is 0.445 e. The van der Waals surface area contributed by atoms with E-state index in [0.29, 0.717) is 5.56 Å². The SMILES string of the molecule is CCOP(=O)(OCC)C(NC(=O)OCc1ccccc1)c1ccc2ccccc2c1. The first kappa shape index (κ1) is 22.0. The van der Waals surface area contributed by atoms with Gasteiger partial charge in [0.05, 0.1) is 13.2 Å². The average Bonchev–Trinajstić information content (AvgIpc) is 2.77. The summed E-state index contributed by atoms with van der Waals surface area (Å²) in [6, 6.07) is 22.8.